The van der Waals surface area contributed by atoms with Crippen LogP contribution in [0.25, 0.3) is 11.0 Å². The summed E-state index contributed by atoms with van der Waals surface area (Å²) < 4.78 is 41.8. The van der Waals surface area contributed by atoms with Gasteiger partial charge in [-0.15, -0.1) is 0 Å². The summed E-state index contributed by atoms with van der Waals surface area (Å²) in [4.78, 5) is 23.9. The molecular weight excluding hydrogens is 413 g/mol. The second-order valence-corrected chi connectivity index (χ2v) is 7.47. The van der Waals surface area contributed by atoms with Crippen molar-refractivity contribution in [3.8, 4) is 5.75 Å². The van der Waals surface area contributed by atoms with Gasteiger partial charge in [0.25, 0.3) is 0 Å². The Kier molecular flexibility index (Phi) is 6.48. The maximum atomic E-state index is 14.8. The number of hydrogen-bond donors (Lipinski definition) is 3. The first-order valence-electron chi connectivity index (χ1n) is 8.93. The van der Waals surface area contributed by atoms with E-state index in [9.17, 15) is 18.2 Å². The molecule has 0 aliphatic carbocycles. The molecular formula is C20H20FN3O5S. The quantitative estimate of drug-likeness (QED) is 0.518. The maximum absolute atomic E-state index is 14.8. The van der Waals surface area contributed by atoms with E-state index in [4.69, 9.17) is 9.15 Å². The molecule has 3 aromatic rings. The highest BCUT2D eigenvalue weighted by atomic mass is 32.2. The summed E-state index contributed by atoms with van der Waals surface area (Å²) in [7, 11) is 2.90. The lowest BCUT2D eigenvalue weighted by Crippen LogP contribution is -2.22. The fourth-order valence-corrected chi connectivity index (χ4v) is 3.40. The molecule has 0 spiro atoms. The lowest BCUT2D eigenvalue weighted by Gasteiger charge is -2.12. The predicted octanol–water partition coefficient (Wildman–Crippen LogP) is 2.76. The number of fused-ring (bicyclic) bond motifs is 1. The summed E-state index contributed by atoms with van der Waals surface area (Å²) in [6.45, 7) is 1.74. The number of hydrogen-bond acceptors (Lipinski definition) is 5. The van der Waals surface area contributed by atoms with Crippen LogP contribution in [0, 0.1) is 12.7 Å². The van der Waals surface area contributed by atoms with Crippen LogP contribution in [0.3, 0.4) is 0 Å². The van der Waals surface area contributed by atoms with E-state index in [1.807, 2.05) is 0 Å². The van der Waals surface area contributed by atoms with Crippen LogP contribution >= 0.6 is 0 Å². The average molecular weight is 433 g/mol. The van der Waals surface area contributed by atoms with Crippen molar-refractivity contribution in [2.45, 2.75) is 13.3 Å². The van der Waals surface area contributed by atoms with Gasteiger partial charge in [-0.3, -0.25) is 4.72 Å². The van der Waals surface area contributed by atoms with Crippen LogP contribution < -0.4 is 25.1 Å². The number of carbonyl (C=O) groups excluding carboxylic acids is 1. The number of ether oxygens (including phenoxy) is 1. The fraction of sp³-hybridized carbons (Fsp3) is 0.200. The minimum absolute atomic E-state index is 0.00581. The summed E-state index contributed by atoms with van der Waals surface area (Å²) in [5.74, 6) is -0.381. The van der Waals surface area contributed by atoms with Gasteiger partial charge in [0.1, 0.15) is 11.3 Å². The molecule has 10 heteroatoms. The fourth-order valence-electron chi connectivity index (χ4n) is 2.94. The molecule has 30 heavy (non-hydrogen) atoms. The molecule has 0 saturated heterocycles. The number of aryl methyl sites for hydroxylation is 1. The van der Waals surface area contributed by atoms with Gasteiger partial charge >= 0.3 is 11.7 Å². The van der Waals surface area contributed by atoms with Crippen molar-refractivity contribution in [2.75, 3.05) is 18.8 Å². The second kappa shape index (κ2) is 9.06. The van der Waals surface area contributed by atoms with Crippen LogP contribution in [0.5, 0.6) is 5.75 Å². The molecule has 0 radical (unpaired) electrons. The highest BCUT2D eigenvalue weighted by molar-refractivity contribution is 7.84. The van der Waals surface area contributed by atoms with Gasteiger partial charge in [-0.2, -0.15) is 0 Å². The minimum atomic E-state index is -1.64. The van der Waals surface area contributed by atoms with Gasteiger partial charge in [0.05, 0.1) is 5.69 Å². The molecule has 0 bridgehead atoms. The van der Waals surface area contributed by atoms with Crippen LogP contribution in [0.4, 0.5) is 14.9 Å². The van der Waals surface area contributed by atoms with Crippen LogP contribution in [0.1, 0.15) is 16.7 Å². The van der Waals surface area contributed by atoms with Crippen molar-refractivity contribution in [3.05, 3.63) is 69.3 Å². The van der Waals surface area contributed by atoms with Crippen LogP contribution in [0.15, 0.2) is 45.6 Å². The Morgan fingerprint density at radius 1 is 1.23 bits per heavy atom. The van der Waals surface area contributed by atoms with Crippen molar-refractivity contribution in [1.29, 1.82) is 0 Å². The lowest BCUT2D eigenvalue weighted by molar-refractivity contribution is 0.203. The Balaban J connectivity index is 1.98. The molecule has 158 valence electrons. The highest BCUT2D eigenvalue weighted by Gasteiger charge is 2.17. The molecule has 0 fully saturated rings. The van der Waals surface area contributed by atoms with Gasteiger partial charge in [0.15, 0.2) is 17.0 Å². The van der Waals surface area contributed by atoms with E-state index in [0.717, 1.165) is 0 Å². The van der Waals surface area contributed by atoms with Crippen molar-refractivity contribution >= 4 is 33.9 Å². The van der Waals surface area contributed by atoms with E-state index >= 15 is 0 Å². The number of carbonyl (C=O) groups is 1. The topological polar surface area (TPSA) is 110 Å². The van der Waals surface area contributed by atoms with Crippen molar-refractivity contribution in [3.63, 3.8) is 0 Å². The Hall–Kier alpha value is -3.24. The number of nitrogens with one attached hydrogen (secondary N) is 3. The molecule has 3 rings (SSSR count). The Morgan fingerprint density at radius 2 is 2.00 bits per heavy atom. The number of halogens is 1. The largest absolute Gasteiger partial charge is 0.422 e. The molecule has 1 aromatic heterocycles. The van der Waals surface area contributed by atoms with Crippen molar-refractivity contribution < 1.29 is 22.5 Å². The molecule has 3 N–H and O–H groups in total. The van der Waals surface area contributed by atoms with Crippen molar-refractivity contribution in [2.24, 2.45) is 0 Å². The van der Waals surface area contributed by atoms with E-state index in [0.29, 0.717) is 16.5 Å². The van der Waals surface area contributed by atoms with Gasteiger partial charge in [-0.05, 0) is 43.3 Å². The predicted molar refractivity (Wildman–Crippen MR) is 112 cm³/mol. The van der Waals surface area contributed by atoms with E-state index in [1.165, 1.54) is 26.2 Å². The summed E-state index contributed by atoms with van der Waals surface area (Å²) in [6.07, 6.45) is -0.651. The van der Waals surface area contributed by atoms with Crippen molar-refractivity contribution in [1.82, 2.24) is 10.0 Å². The first-order valence-corrected chi connectivity index (χ1v) is 10.1. The standard InChI is InChI=1S/C20H20FN3O5S/c1-11-14-8-7-13(28-20(26)22-2)10-17(14)29-19(25)15(11)9-12-5-4-6-16(18(12)21)24-30(27)23-3/h4-8,10,23-24H,9H2,1-3H3,(H,22,26). The number of rotatable bonds is 6. The first kappa shape index (κ1) is 21.5. The first-order chi connectivity index (χ1) is 14.3. The number of amides is 1. The Labute approximate surface area is 174 Å². The Morgan fingerprint density at radius 3 is 2.70 bits per heavy atom. The van der Waals surface area contributed by atoms with Gasteiger partial charge < -0.3 is 14.5 Å². The Bertz CT molecular complexity index is 1200. The normalized spacial score (nSPS) is 11.9. The van der Waals surface area contributed by atoms with E-state index in [2.05, 4.69) is 14.8 Å². The van der Waals surface area contributed by atoms with Gasteiger partial charge in [-0.25, -0.2) is 22.9 Å². The second-order valence-electron chi connectivity index (χ2n) is 6.32. The minimum Gasteiger partial charge on any atom is -0.422 e. The van der Waals surface area contributed by atoms with Gasteiger partial charge in [0.2, 0.25) is 0 Å². The van der Waals surface area contributed by atoms with Gasteiger partial charge in [-0.1, -0.05) is 12.1 Å². The zero-order valence-corrected chi connectivity index (χ0v) is 17.3. The van der Waals surface area contributed by atoms with E-state index in [-0.39, 0.29) is 29.0 Å². The number of anilines is 1. The smallest absolute Gasteiger partial charge is 0.412 e. The summed E-state index contributed by atoms with van der Waals surface area (Å²) in [6, 6.07) is 9.30. The molecule has 0 aliphatic rings. The third kappa shape index (κ3) is 4.50. The molecule has 2 aromatic carbocycles. The summed E-state index contributed by atoms with van der Waals surface area (Å²) >= 11 is -1.64. The zero-order chi connectivity index (χ0) is 21.8. The lowest BCUT2D eigenvalue weighted by atomic mass is 9.99. The number of benzene rings is 2. The average Bonchev–Trinajstić information content (AvgIpc) is 2.73. The summed E-state index contributed by atoms with van der Waals surface area (Å²) in [5.41, 5.74) is 0.871. The molecule has 0 saturated carbocycles. The molecule has 1 unspecified atom stereocenters. The van der Waals surface area contributed by atoms with Crippen LogP contribution in [-0.4, -0.2) is 24.4 Å². The van der Waals surface area contributed by atoms with Crippen LogP contribution in [-0.2, 0) is 17.6 Å². The molecule has 1 atom stereocenters. The highest BCUT2D eigenvalue weighted by Crippen LogP contribution is 2.27. The SMILES string of the molecule is CNC(=O)Oc1ccc2c(C)c(Cc3cccc(NS(=O)NC)c3F)c(=O)oc2c1. The molecule has 0 aliphatic heterocycles. The van der Waals surface area contributed by atoms with Gasteiger partial charge in [0, 0.05) is 30.5 Å². The third-order valence-corrected chi connectivity index (χ3v) is 5.28. The van der Waals surface area contributed by atoms with E-state index in [1.54, 1.807) is 31.2 Å². The maximum Gasteiger partial charge on any atom is 0.412 e. The molecule has 1 heterocycles. The van der Waals surface area contributed by atoms with Crippen LogP contribution in [0.2, 0.25) is 0 Å². The molecule has 8 nitrogen and oxygen atoms in total. The van der Waals surface area contributed by atoms with E-state index < -0.39 is 28.7 Å². The monoisotopic (exact) mass is 433 g/mol. The summed E-state index contributed by atoms with van der Waals surface area (Å²) in [5, 5.41) is 2.97. The zero-order valence-electron chi connectivity index (χ0n) is 16.5. The molecule has 1 amide bonds. The third-order valence-electron chi connectivity index (χ3n) is 4.51.